The molecule has 0 radical (unpaired) electrons. The van der Waals surface area contributed by atoms with E-state index in [4.69, 9.17) is 14.7 Å². The summed E-state index contributed by atoms with van der Waals surface area (Å²) in [5, 5.41) is 9.09. The van der Waals surface area contributed by atoms with Gasteiger partial charge < -0.3 is 14.4 Å². The van der Waals surface area contributed by atoms with Gasteiger partial charge in [-0.05, 0) is 25.0 Å². The number of nitriles is 1. The minimum absolute atomic E-state index is 0.120. The molecule has 0 saturated heterocycles. The fourth-order valence-electron chi connectivity index (χ4n) is 2.12. The summed E-state index contributed by atoms with van der Waals surface area (Å²) >= 11 is 0. The van der Waals surface area contributed by atoms with Crippen LogP contribution in [0.2, 0.25) is 0 Å². The minimum Gasteiger partial charge on any atom is -0.454 e. The predicted molar refractivity (Wildman–Crippen MR) is 63.1 cm³/mol. The van der Waals surface area contributed by atoms with Gasteiger partial charge in [0, 0.05) is 25.3 Å². The largest absolute Gasteiger partial charge is 0.454 e. The molecule has 1 aromatic rings. The lowest BCUT2D eigenvalue weighted by molar-refractivity contribution is 0.174. The zero-order valence-electron chi connectivity index (χ0n) is 9.77. The van der Waals surface area contributed by atoms with Gasteiger partial charge in [0.25, 0.3) is 0 Å². The van der Waals surface area contributed by atoms with Gasteiger partial charge in [0.1, 0.15) is 0 Å². The van der Waals surface area contributed by atoms with Crippen molar-refractivity contribution in [3.05, 3.63) is 18.2 Å². The third kappa shape index (κ3) is 1.78. The zero-order valence-corrected chi connectivity index (χ0v) is 9.77. The highest BCUT2D eigenvalue weighted by atomic mass is 16.7. The number of benzene rings is 1. The van der Waals surface area contributed by atoms with Gasteiger partial charge in [-0.15, -0.1) is 0 Å². The van der Waals surface area contributed by atoms with E-state index in [-0.39, 0.29) is 5.41 Å². The maximum Gasteiger partial charge on any atom is 0.231 e. The van der Waals surface area contributed by atoms with E-state index in [1.165, 1.54) is 0 Å². The molecule has 1 heterocycles. The van der Waals surface area contributed by atoms with Crippen molar-refractivity contribution in [3.63, 3.8) is 0 Å². The summed E-state index contributed by atoms with van der Waals surface area (Å²) in [6, 6.07) is 8.29. The van der Waals surface area contributed by atoms with E-state index < -0.39 is 0 Å². The van der Waals surface area contributed by atoms with Crippen LogP contribution in [0.1, 0.15) is 12.8 Å². The lowest BCUT2D eigenvalue weighted by atomic mass is 10.1. The number of hydrogen-bond acceptors (Lipinski definition) is 4. The third-order valence-electron chi connectivity index (χ3n) is 3.43. The highest BCUT2D eigenvalue weighted by molar-refractivity contribution is 5.57. The highest BCUT2D eigenvalue weighted by Crippen LogP contribution is 2.46. The quantitative estimate of drug-likeness (QED) is 0.798. The van der Waals surface area contributed by atoms with E-state index in [0.717, 1.165) is 36.6 Å². The number of fused-ring (bicyclic) bond motifs is 1. The van der Waals surface area contributed by atoms with Crippen molar-refractivity contribution < 1.29 is 9.47 Å². The Hall–Kier alpha value is -1.89. The van der Waals surface area contributed by atoms with Crippen LogP contribution in [0.25, 0.3) is 0 Å². The highest BCUT2D eigenvalue weighted by Gasteiger charge is 2.44. The average Bonchev–Trinajstić information content (AvgIpc) is 2.96. The van der Waals surface area contributed by atoms with Gasteiger partial charge in [0.15, 0.2) is 11.5 Å². The zero-order chi connectivity index (χ0) is 11.9. The van der Waals surface area contributed by atoms with Crippen molar-refractivity contribution in [2.24, 2.45) is 5.41 Å². The third-order valence-corrected chi connectivity index (χ3v) is 3.43. The van der Waals surface area contributed by atoms with E-state index in [1.807, 2.05) is 25.2 Å². The summed E-state index contributed by atoms with van der Waals surface area (Å²) in [7, 11) is 2.01. The molecule has 3 rings (SSSR count). The van der Waals surface area contributed by atoms with Crippen LogP contribution in [-0.2, 0) is 0 Å². The number of hydrogen-bond donors (Lipinski definition) is 0. The second kappa shape index (κ2) is 3.56. The normalized spacial score (nSPS) is 18.6. The van der Waals surface area contributed by atoms with E-state index >= 15 is 0 Å². The second-order valence-electron chi connectivity index (χ2n) is 4.79. The number of rotatable bonds is 3. The molecular formula is C13H14N2O2. The van der Waals surface area contributed by atoms with Crippen molar-refractivity contribution in [1.29, 1.82) is 5.26 Å². The second-order valence-corrected chi connectivity index (χ2v) is 4.79. The van der Waals surface area contributed by atoms with Crippen molar-refractivity contribution in [2.75, 3.05) is 25.3 Å². The van der Waals surface area contributed by atoms with Crippen LogP contribution >= 0.6 is 0 Å². The standard InChI is InChI=1S/C13H14N2O2/c1-15(8-13(7-14)4-5-13)10-2-3-11-12(6-10)17-9-16-11/h2-3,6H,4-5,8-9H2,1H3. The fourth-order valence-corrected chi connectivity index (χ4v) is 2.12. The van der Waals surface area contributed by atoms with E-state index in [9.17, 15) is 0 Å². The molecule has 1 aliphatic carbocycles. The topological polar surface area (TPSA) is 45.5 Å². The SMILES string of the molecule is CN(CC1(C#N)CC1)c1ccc2c(c1)OCO2. The maximum absolute atomic E-state index is 9.09. The van der Waals surface area contributed by atoms with Crippen molar-refractivity contribution >= 4 is 5.69 Å². The van der Waals surface area contributed by atoms with Crippen molar-refractivity contribution in [1.82, 2.24) is 0 Å². The molecule has 1 fully saturated rings. The maximum atomic E-state index is 9.09. The first-order chi connectivity index (χ1) is 8.22. The molecule has 0 bridgehead atoms. The Morgan fingerprint density at radius 2 is 2.12 bits per heavy atom. The smallest absolute Gasteiger partial charge is 0.231 e. The summed E-state index contributed by atoms with van der Waals surface area (Å²) < 4.78 is 10.6. The molecule has 1 saturated carbocycles. The molecular weight excluding hydrogens is 216 g/mol. The number of nitrogens with zero attached hydrogens (tertiary/aromatic N) is 2. The predicted octanol–water partition coefficient (Wildman–Crippen LogP) is 2.16. The van der Waals surface area contributed by atoms with Crippen LogP contribution in [0.5, 0.6) is 11.5 Å². The van der Waals surface area contributed by atoms with Crippen LogP contribution in [-0.4, -0.2) is 20.4 Å². The van der Waals surface area contributed by atoms with E-state index in [0.29, 0.717) is 6.79 Å². The van der Waals surface area contributed by atoms with Gasteiger partial charge in [-0.25, -0.2) is 0 Å². The number of anilines is 1. The Balaban J connectivity index is 1.78. The van der Waals surface area contributed by atoms with Crippen molar-refractivity contribution in [3.8, 4) is 17.6 Å². The molecule has 1 aliphatic heterocycles. The molecule has 88 valence electrons. The van der Waals surface area contributed by atoms with Gasteiger partial charge in [-0.1, -0.05) is 0 Å². The van der Waals surface area contributed by atoms with Crippen LogP contribution < -0.4 is 14.4 Å². The molecule has 17 heavy (non-hydrogen) atoms. The first-order valence-electron chi connectivity index (χ1n) is 5.74. The summed E-state index contributed by atoms with van der Waals surface area (Å²) in [6.45, 7) is 1.08. The summed E-state index contributed by atoms with van der Waals surface area (Å²) in [6.07, 6.45) is 2.02. The lowest BCUT2D eigenvalue weighted by Gasteiger charge is -2.22. The number of ether oxygens (including phenoxy) is 2. The van der Waals surface area contributed by atoms with Gasteiger partial charge in [-0.2, -0.15) is 5.26 Å². The Morgan fingerprint density at radius 1 is 1.35 bits per heavy atom. The first-order valence-corrected chi connectivity index (χ1v) is 5.74. The summed E-state index contributed by atoms with van der Waals surface area (Å²) in [5.74, 6) is 1.58. The van der Waals surface area contributed by atoms with Crippen LogP contribution in [0, 0.1) is 16.7 Å². The monoisotopic (exact) mass is 230 g/mol. The van der Waals surface area contributed by atoms with Crippen LogP contribution in [0.3, 0.4) is 0 Å². The van der Waals surface area contributed by atoms with Crippen molar-refractivity contribution in [2.45, 2.75) is 12.8 Å². The molecule has 0 amide bonds. The lowest BCUT2D eigenvalue weighted by Crippen LogP contribution is -2.25. The van der Waals surface area contributed by atoms with Crippen LogP contribution in [0.15, 0.2) is 18.2 Å². The van der Waals surface area contributed by atoms with E-state index in [1.54, 1.807) is 0 Å². The molecule has 0 spiro atoms. The molecule has 4 heteroatoms. The van der Waals surface area contributed by atoms with E-state index in [2.05, 4.69) is 11.0 Å². The molecule has 0 N–H and O–H groups in total. The Bertz CT molecular complexity index is 489. The molecule has 0 unspecified atom stereocenters. The van der Waals surface area contributed by atoms with Crippen LogP contribution in [0.4, 0.5) is 5.69 Å². The molecule has 0 atom stereocenters. The fraction of sp³-hybridized carbons (Fsp3) is 0.462. The molecule has 4 nitrogen and oxygen atoms in total. The first kappa shape index (κ1) is 10.3. The minimum atomic E-state index is -0.120. The molecule has 2 aliphatic rings. The summed E-state index contributed by atoms with van der Waals surface area (Å²) in [4.78, 5) is 2.11. The van der Waals surface area contributed by atoms with Gasteiger partial charge in [-0.3, -0.25) is 0 Å². The molecule has 0 aromatic heterocycles. The Morgan fingerprint density at radius 3 is 2.82 bits per heavy atom. The average molecular weight is 230 g/mol. The Kier molecular flexibility index (Phi) is 2.15. The molecule has 1 aromatic carbocycles. The summed E-state index contributed by atoms with van der Waals surface area (Å²) in [5.41, 5.74) is 0.946. The van der Waals surface area contributed by atoms with Gasteiger partial charge in [0.05, 0.1) is 11.5 Å². The van der Waals surface area contributed by atoms with Gasteiger partial charge >= 0.3 is 0 Å². The van der Waals surface area contributed by atoms with Gasteiger partial charge in [0.2, 0.25) is 6.79 Å². The Labute approximate surface area is 100 Å².